The third kappa shape index (κ3) is 5.88. The van der Waals surface area contributed by atoms with Crippen LogP contribution in [0.2, 0.25) is 0 Å². The van der Waals surface area contributed by atoms with Crippen LogP contribution in [0.3, 0.4) is 0 Å². The number of halogens is 1. The molecule has 4 rings (SSSR count). The van der Waals surface area contributed by atoms with E-state index in [1.54, 1.807) is 45.0 Å². The number of nitriles is 1. The summed E-state index contributed by atoms with van der Waals surface area (Å²) in [6.45, 7) is 9.62. The van der Waals surface area contributed by atoms with Crippen LogP contribution in [0.25, 0.3) is 33.2 Å². The minimum Gasteiger partial charge on any atom is -0.451 e. The molecule has 0 aliphatic heterocycles. The van der Waals surface area contributed by atoms with Crippen LogP contribution in [0.4, 0.5) is 10.1 Å². The molecule has 4 aromatic rings. The summed E-state index contributed by atoms with van der Waals surface area (Å²) in [7, 11) is 1.87. The van der Waals surface area contributed by atoms with Crippen LogP contribution < -0.4 is 9.64 Å². The molecule has 2 aromatic carbocycles. The topological polar surface area (TPSA) is 107 Å². The summed E-state index contributed by atoms with van der Waals surface area (Å²) < 4.78 is 26.0. The molecule has 2 aromatic heterocycles. The van der Waals surface area contributed by atoms with Crippen molar-refractivity contribution in [3.8, 4) is 23.1 Å². The normalized spacial score (nSPS) is 12.5. The average molecular weight is 504 g/mol. The van der Waals surface area contributed by atoms with Crippen LogP contribution >= 0.6 is 0 Å². The van der Waals surface area contributed by atoms with Gasteiger partial charge in [0.1, 0.15) is 29.1 Å². The average Bonchev–Trinajstić information content (AvgIpc) is 3.19. The Morgan fingerprint density at radius 1 is 1.30 bits per heavy atom. The zero-order chi connectivity index (χ0) is 26.7. The number of anilines is 1. The van der Waals surface area contributed by atoms with Gasteiger partial charge in [0.25, 0.3) is 6.29 Å². The molecule has 0 aliphatic carbocycles. The van der Waals surface area contributed by atoms with Crippen molar-refractivity contribution in [2.45, 2.75) is 39.1 Å². The van der Waals surface area contributed by atoms with Crippen LogP contribution in [0.1, 0.15) is 26.1 Å². The second kappa shape index (κ2) is 10.5. The van der Waals surface area contributed by atoms with Crippen molar-refractivity contribution in [1.29, 1.82) is 5.26 Å². The molecule has 0 spiro atoms. The van der Waals surface area contributed by atoms with Crippen LogP contribution in [-0.4, -0.2) is 52.1 Å². The van der Waals surface area contributed by atoms with E-state index in [1.807, 2.05) is 24.1 Å². The molecule has 0 saturated heterocycles. The van der Waals surface area contributed by atoms with E-state index >= 15 is 0 Å². The number of aromatic amines is 1. The summed E-state index contributed by atoms with van der Waals surface area (Å²) in [5.74, 6) is 0.587. The minimum atomic E-state index is -1.14. The molecule has 0 bridgehead atoms. The Morgan fingerprint density at radius 2 is 2.08 bits per heavy atom. The van der Waals surface area contributed by atoms with E-state index in [1.165, 1.54) is 12.1 Å². The molecule has 37 heavy (non-hydrogen) atoms. The Bertz CT molecular complexity index is 1490. The molecular formula is C28H30FN5O3. The Hall–Kier alpha value is -4.00. The van der Waals surface area contributed by atoms with E-state index in [4.69, 9.17) is 9.47 Å². The first-order valence-electron chi connectivity index (χ1n) is 11.9. The smallest absolute Gasteiger partial charge is 0.289 e. The lowest BCUT2D eigenvalue weighted by Gasteiger charge is -2.19. The fourth-order valence-corrected chi connectivity index (χ4v) is 4.11. The molecule has 2 heterocycles. The number of nitrogens with zero attached hydrogens (tertiary/aromatic N) is 4. The van der Waals surface area contributed by atoms with Crippen LogP contribution in [-0.2, 0) is 4.74 Å². The first kappa shape index (κ1) is 26.1. The number of nitrogens with one attached hydrogen (secondary N) is 1. The summed E-state index contributed by atoms with van der Waals surface area (Å²) in [5.41, 5.74) is 2.45. The molecule has 0 saturated carbocycles. The van der Waals surface area contributed by atoms with E-state index in [0.29, 0.717) is 57.9 Å². The highest BCUT2D eigenvalue weighted by molar-refractivity contribution is 6.15. The predicted molar refractivity (Wildman–Crippen MR) is 142 cm³/mol. The number of H-pyrrole nitrogens is 1. The SMILES string of the molecule is C=CCN(C)c1cc(F)cc2c1[nH]c1nc(C)nc(-c3cccc(OC(C#N)OCCC(C)(C)O)c3)c12. The van der Waals surface area contributed by atoms with Gasteiger partial charge < -0.3 is 24.5 Å². The number of rotatable bonds is 10. The molecule has 2 N–H and O–H groups in total. The molecule has 0 radical (unpaired) electrons. The van der Waals surface area contributed by atoms with Crippen molar-refractivity contribution >= 4 is 27.6 Å². The number of aryl methyl sites for hydroxylation is 1. The van der Waals surface area contributed by atoms with Crippen molar-refractivity contribution in [3.05, 3.63) is 60.7 Å². The van der Waals surface area contributed by atoms with Gasteiger partial charge in [-0.2, -0.15) is 5.26 Å². The van der Waals surface area contributed by atoms with Gasteiger partial charge in [0.05, 0.1) is 34.5 Å². The molecule has 0 amide bonds. The van der Waals surface area contributed by atoms with Gasteiger partial charge in [-0.15, -0.1) is 6.58 Å². The molecule has 1 atom stereocenters. The largest absolute Gasteiger partial charge is 0.451 e. The lowest BCUT2D eigenvalue weighted by atomic mass is 10.0. The van der Waals surface area contributed by atoms with Crippen LogP contribution in [0.15, 0.2) is 49.1 Å². The van der Waals surface area contributed by atoms with E-state index in [2.05, 4.69) is 21.5 Å². The Labute approximate surface area is 215 Å². The lowest BCUT2D eigenvalue weighted by molar-refractivity contribution is -0.0604. The standard InChI is InChI=1S/C28H30FN5O3/c1-6-11-34(5)22-15-19(29)14-21-24-25(31-17(2)32-27(24)33-26(21)22)18-8-7-9-20(13-18)37-23(16-30)36-12-10-28(3,4)35/h6-9,13-15,23,35H,1,10-12H2,2-5H3,(H,31,32,33). The van der Waals surface area contributed by atoms with Crippen molar-refractivity contribution in [1.82, 2.24) is 15.0 Å². The van der Waals surface area contributed by atoms with E-state index < -0.39 is 11.9 Å². The first-order chi connectivity index (χ1) is 17.6. The van der Waals surface area contributed by atoms with E-state index in [-0.39, 0.29) is 12.4 Å². The van der Waals surface area contributed by atoms with Crippen molar-refractivity contribution in [2.75, 3.05) is 25.1 Å². The Kier molecular flexibility index (Phi) is 7.43. The van der Waals surface area contributed by atoms with Crippen LogP contribution in [0.5, 0.6) is 5.75 Å². The monoisotopic (exact) mass is 503 g/mol. The molecule has 8 nitrogen and oxygen atoms in total. The number of ether oxygens (including phenoxy) is 2. The Balaban J connectivity index is 1.76. The number of aromatic nitrogens is 3. The summed E-state index contributed by atoms with van der Waals surface area (Å²) in [4.78, 5) is 14.5. The van der Waals surface area contributed by atoms with E-state index in [0.717, 1.165) is 5.52 Å². The van der Waals surface area contributed by atoms with Crippen molar-refractivity contribution in [2.24, 2.45) is 0 Å². The third-order valence-electron chi connectivity index (χ3n) is 5.87. The quantitative estimate of drug-likeness (QED) is 0.225. The van der Waals surface area contributed by atoms with Gasteiger partial charge in [0.2, 0.25) is 0 Å². The zero-order valence-corrected chi connectivity index (χ0v) is 21.4. The van der Waals surface area contributed by atoms with Gasteiger partial charge in [-0.05, 0) is 51.5 Å². The summed E-state index contributed by atoms with van der Waals surface area (Å²) in [6.07, 6.45) is 0.965. The number of likely N-dealkylation sites (N-methyl/N-ethyl adjacent to an activating group) is 1. The van der Waals surface area contributed by atoms with Gasteiger partial charge in [0.15, 0.2) is 0 Å². The molecule has 0 aliphatic rings. The fourth-order valence-electron chi connectivity index (χ4n) is 4.11. The third-order valence-corrected chi connectivity index (χ3v) is 5.87. The fraction of sp³-hybridized carbons (Fsp3) is 0.321. The zero-order valence-electron chi connectivity index (χ0n) is 21.4. The first-order valence-corrected chi connectivity index (χ1v) is 11.9. The summed E-state index contributed by atoms with van der Waals surface area (Å²) in [5, 5.41) is 20.7. The Morgan fingerprint density at radius 3 is 2.78 bits per heavy atom. The van der Waals surface area contributed by atoms with Gasteiger partial charge >= 0.3 is 0 Å². The van der Waals surface area contributed by atoms with Gasteiger partial charge in [-0.25, -0.2) is 14.4 Å². The minimum absolute atomic E-state index is 0.163. The van der Waals surface area contributed by atoms with Gasteiger partial charge in [-0.3, -0.25) is 0 Å². The molecule has 192 valence electrons. The molecule has 1 unspecified atom stereocenters. The molecule has 9 heteroatoms. The van der Waals surface area contributed by atoms with E-state index in [9.17, 15) is 14.8 Å². The highest BCUT2D eigenvalue weighted by Gasteiger charge is 2.20. The number of fused-ring (bicyclic) bond motifs is 3. The molecule has 0 fully saturated rings. The van der Waals surface area contributed by atoms with Crippen molar-refractivity contribution < 1.29 is 19.0 Å². The van der Waals surface area contributed by atoms with Gasteiger partial charge in [-0.1, -0.05) is 18.2 Å². The lowest BCUT2D eigenvalue weighted by Crippen LogP contribution is -2.25. The second-order valence-corrected chi connectivity index (χ2v) is 9.52. The number of benzene rings is 2. The maximum Gasteiger partial charge on any atom is 0.289 e. The second-order valence-electron chi connectivity index (χ2n) is 9.52. The van der Waals surface area contributed by atoms with Crippen LogP contribution in [0, 0.1) is 24.1 Å². The molecular weight excluding hydrogens is 473 g/mol. The number of aliphatic hydroxyl groups is 1. The maximum atomic E-state index is 14.8. The summed E-state index contributed by atoms with van der Waals surface area (Å²) in [6, 6.07) is 12.1. The highest BCUT2D eigenvalue weighted by atomic mass is 19.1. The number of hydrogen-bond donors (Lipinski definition) is 2. The predicted octanol–water partition coefficient (Wildman–Crippen LogP) is 5.25. The highest BCUT2D eigenvalue weighted by Crippen LogP contribution is 2.38. The summed E-state index contributed by atoms with van der Waals surface area (Å²) >= 11 is 0. The number of hydrogen-bond acceptors (Lipinski definition) is 7. The van der Waals surface area contributed by atoms with Crippen molar-refractivity contribution in [3.63, 3.8) is 0 Å². The maximum absolute atomic E-state index is 14.8. The van der Waals surface area contributed by atoms with Gasteiger partial charge in [0, 0.05) is 24.5 Å².